The predicted octanol–water partition coefficient (Wildman–Crippen LogP) is 3.37. The van der Waals surface area contributed by atoms with Gasteiger partial charge >= 0.3 is 5.51 Å². The molecule has 0 atom stereocenters. The Hall–Kier alpha value is -3.02. The molecule has 0 saturated carbocycles. The topological polar surface area (TPSA) is 85.6 Å². The molecule has 0 fully saturated rings. The molecule has 0 aliphatic carbocycles. The summed E-state index contributed by atoms with van der Waals surface area (Å²) in [6.07, 6.45) is 1.15. The summed E-state index contributed by atoms with van der Waals surface area (Å²) in [5, 5.41) is 12.6. The van der Waals surface area contributed by atoms with Crippen molar-refractivity contribution in [3.05, 3.63) is 53.7 Å². The van der Waals surface area contributed by atoms with Gasteiger partial charge in [-0.05, 0) is 47.7 Å². The van der Waals surface area contributed by atoms with Crippen LogP contribution < -0.4 is 5.32 Å². The van der Waals surface area contributed by atoms with E-state index in [1.807, 2.05) is 0 Å². The van der Waals surface area contributed by atoms with Crippen LogP contribution in [0.4, 0.5) is 23.2 Å². The average Bonchev–Trinajstić information content (AvgIpc) is 3.01. The smallest absolute Gasteiger partial charge is 0.322 e. The van der Waals surface area contributed by atoms with E-state index in [1.54, 1.807) is 6.92 Å². The van der Waals surface area contributed by atoms with Gasteiger partial charge in [0.05, 0.1) is 5.56 Å². The molecule has 0 aliphatic heterocycles. The van der Waals surface area contributed by atoms with Crippen molar-refractivity contribution in [2.75, 3.05) is 5.32 Å². The highest BCUT2D eigenvalue weighted by Crippen LogP contribution is 2.37. The summed E-state index contributed by atoms with van der Waals surface area (Å²) >= 11 is -0.491. The second kappa shape index (κ2) is 7.31. The first-order chi connectivity index (χ1) is 12.7. The highest BCUT2D eigenvalue weighted by Gasteiger charge is 2.32. The van der Waals surface area contributed by atoms with Gasteiger partial charge in [0.15, 0.2) is 5.82 Å². The zero-order valence-corrected chi connectivity index (χ0v) is 14.3. The number of benzene rings is 1. The third-order valence-corrected chi connectivity index (χ3v) is 4.04. The lowest BCUT2D eigenvalue weighted by molar-refractivity contribution is -0.0329. The van der Waals surface area contributed by atoms with Crippen LogP contribution in [-0.4, -0.2) is 36.6 Å². The number of amides is 1. The fraction of sp³-hybridized carbons (Fsp3) is 0.133. The van der Waals surface area contributed by atoms with Gasteiger partial charge in [-0.3, -0.25) is 4.79 Å². The van der Waals surface area contributed by atoms with Crippen LogP contribution in [0, 0.1) is 12.7 Å². The molecule has 7 nitrogen and oxygen atoms in total. The molecule has 1 amide bonds. The lowest BCUT2D eigenvalue weighted by Gasteiger charge is -2.11. The molecule has 0 bridgehead atoms. The number of nitrogens with zero attached hydrogens (tertiary/aromatic N) is 5. The van der Waals surface area contributed by atoms with Gasteiger partial charge in [-0.25, -0.2) is 9.37 Å². The number of rotatable bonds is 4. The van der Waals surface area contributed by atoms with Crippen LogP contribution in [0.2, 0.25) is 0 Å². The fourth-order valence-corrected chi connectivity index (χ4v) is 2.76. The molecule has 0 spiro atoms. The molecule has 0 radical (unpaired) electrons. The molecule has 1 N–H and O–H groups in total. The van der Waals surface area contributed by atoms with Crippen molar-refractivity contribution in [3.8, 4) is 5.69 Å². The maximum Gasteiger partial charge on any atom is 0.447 e. The minimum Gasteiger partial charge on any atom is -0.322 e. The minimum absolute atomic E-state index is 0.0219. The van der Waals surface area contributed by atoms with Crippen molar-refractivity contribution >= 4 is 23.4 Å². The van der Waals surface area contributed by atoms with Crippen molar-refractivity contribution in [1.82, 2.24) is 25.2 Å². The van der Waals surface area contributed by atoms with Gasteiger partial charge in [-0.2, -0.15) is 17.9 Å². The number of pyridine rings is 1. The van der Waals surface area contributed by atoms with Gasteiger partial charge in [-0.1, -0.05) is 0 Å². The first kappa shape index (κ1) is 18.8. The monoisotopic (exact) mass is 398 g/mol. The van der Waals surface area contributed by atoms with Gasteiger partial charge in [0.25, 0.3) is 5.91 Å². The molecule has 0 aliphatic rings. The standard InChI is InChI=1S/C15H10F4N6OS/c1-8-22-23-24-25(8)12-7-9(4-5-11(12)16)21-13(26)10-3-2-6-20-14(10)27-15(17,18)19/h2-7H,1H3,(H,21,26). The van der Waals surface area contributed by atoms with E-state index in [0.717, 1.165) is 16.9 Å². The van der Waals surface area contributed by atoms with E-state index in [4.69, 9.17) is 0 Å². The Bertz CT molecular complexity index is 990. The summed E-state index contributed by atoms with van der Waals surface area (Å²) in [7, 11) is 0. The van der Waals surface area contributed by atoms with Crippen molar-refractivity contribution in [2.24, 2.45) is 0 Å². The van der Waals surface area contributed by atoms with E-state index in [-0.39, 0.29) is 16.9 Å². The molecular formula is C15H10F4N6OS. The van der Waals surface area contributed by atoms with Crippen LogP contribution in [0.3, 0.4) is 0 Å². The Morgan fingerprint density at radius 3 is 2.70 bits per heavy atom. The van der Waals surface area contributed by atoms with Gasteiger partial charge < -0.3 is 5.32 Å². The van der Waals surface area contributed by atoms with Crippen LogP contribution >= 0.6 is 11.8 Å². The number of hydrogen-bond acceptors (Lipinski definition) is 6. The van der Waals surface area contributed by atoms with Crippen molar-refractivity contribution < 1.29 is 22.4 Å². The number of nitrogens with one attached hydrogen (secondary N) is 1. The zero-order chi connectivity index (χ0) is 19.6. The number of carbonyl (C=O) groups excluding carboxylic acids is 1. The summed E-state index contributed by atoms with van der Waals surface area (Å²) in [5.74, 6) is -1.15. The van der Waals surface area contributed by atoms with E-state index < -0.39 is 34.0 Å². The van der Waals surface area contributed by atoms with Crippen LogP contribution in [0.1, 0.15) is 16.2 Å². The molecule has 12 heteroatoms. The summed E-state index contributed by atoms with van der Waals surface area (Å²) in [6.45, 7) is 1.56. The van der Waals surface area contributed by atoms with E-state index in [2.05, 4.69) is 25.8 Å². The maximum absolute atomic E-state index is 14.1. The Morgan fingerprint density at radius 2 is 2.04 bits per heavy atom. The number of tetrazole rings is 1. The third kappa shape index (κ3) is 4.39. The van der Waals surface area contributed by atoms with Crippen molar-refractivity contribution in [1.29, 1.82) is 0 Å². The Kier molecular flexibility index (Phi) is 5.08. The van der Waals surface area contributed by atoms with E-state index >= 15 is 0 Å². The minimum atomic E-state index is -4.59. The second-order valence-electron chi connectivity index (χ2n) is 5.16. The van der Waals surface area contributed by atoms with Crippen LogP contribution in [0.15, 0.2) is 41.6 Å². The first-order valence-corrected chi connectivity index (χ1v) is 8.13. The number of anilines is 1. The Morgan fingerprint density at radius 1 is 1.26 bits per heavy atom. The third-order valence-electron chi connectivity index (χ3n) is 3.29. The summed E-state index contributed by atoms with van der Waals surface area (Å²) in [6, 6.07) is 6.18. The highest BCUT2D eigenvalue weighted by atomic mass is 32.2. The van der Waals surface area contributed by atoms with Crippen LogP contribution in [-0.2, 0) is 0 Å². The second-order valence-corrected chi connectivity index (χ2v) is 6.22. The lowest BCUT2D eigenvalue weighted by atomic mass is 10.2. The summed E-state index contributed by atoms with van der Waals surface area (Å²) in [5.41, 5.74) is -4.72. The van der Waals surface area contributed by atoms with Crippen molar-refractivity contribution in [3.63, 3.8) is 0 Å². The molecule has 0 saturated heterocycles. The number of hydrogen-bond donors (Lipinski definition) is 1. The molecule has 0 unspecified atom stereocenters. The van der Waals surface area contributed by atoms with E-state index in [9.17, 15) is 22.4 Å². The molecule has 3 rings (SSSR count). The number of thioether (sulfide) groups is 1. The SMILES string of the molecule is Cc1nnnn1-c1cc(NC(=O)c2cccnc2SC(F)(F)F)ccc1F. The van der Waals surface area contributed by atoms with Gasteiger partial charge in [0.1, 0.15) is 16.5 Å². The Balaban J connectivity index is 1.89. The number of aryl methyl sites for hydroxylation is 1. The first-order valence-electron chi connectivity index (χ1n) is 7.31. The molecular weight excluding hydrogens is 388 g/mol. The summed E-state index contributed by atoms with van der Waals surface area (Å²) in [4.78, 5) is 16.0. The number of aromatic nitrogens is 5. The average molecular weight is 398 g/mol. The highest BCUT2D eigenvalue weighted by molar-refractivity contribution is 8.00. The van der Waals surface area contributed by atoms with Crippen LogP contribution in [0.5, 0.6) is 0 Å². The Labute approximate surface area is 153 Å². The molecule has 27 heavy (non-hydrogen) atoms. The van der Waals surface area contributed by atoms with Gasteiger partial charge in [0.2, 0.25) is 0 Å². The lowest BCUT2D eigenvalue weighted by Crippen LogP contribution is -2.15. The number of carbonyl (C=O) groups is 1. The maximum atomic E-state index is 14.1. The largest absolute Gasteiger partial charge is 0.447 e. The van der Waals surface area contributed by atoms with Gasteiger partial charge in [-0.15, -0.1) is 5.10 Å². The van der Waals surface area contributed by atoms with Gasteiger partial charge in [0, 0.05) is 23.6 Å². The molecule has 1 aromatic carbocycles. The zero-order valence-electron chi connectivity index (χ0n) is 13.5. The van der Waals surface area contributed by atoms with E-state index in [1.165, 1.54) is 24.3 Å². The molecule has 3 aromatic rings. The number of halogens is 4. The normalized spacial score (nSPS) is 11.4. The molecule has 140 valence electrons. The summed E-state index contributed by atoms with van der Waals surface area (Å²) < 4.78 is 53.1. The predicted molar refractivity (Wildman–Crippen MR) is 88.0 cm³/mol. The van der Waals surface area contributed by atoms with Crippen molar-refractivity contribution in [2.45, 2.75) is 17.5 Å². The molecule has 2 aromatic heterocycles. The molecule has 2 heterocycles. The quantitative estimate of drug-likeness (QED) is 0.536. The fourth-order valence-electron chi connectivity index (χ4n) is 2.16. The number of alkyl halides is 3. The van der Waals surface area contributed by atoms with E-state index in [0.29, 0.717) is 5.82 Å². The van der Waals surface area contributed by atoms with Crippen LogP contribution in [0.25, 0.3) is 5.69 Å².